The molecule has 1 saturated heterocycles. The highest BCUT2D eigenvalue weighted by atomic mass is 19.1. The minimum absolute atomic E-state index is 0.00792. The molecule has 0 amide bonds. The number of halogens is 2. The summed E-state index contributed by atoms with van der Waals surface area (Å²) in [4.78, 5) is 2.03. The van der Waals surface area contributed by atoms with Gasteiger partial charge in [-0.05, 0) is 55.6 Å². The average molecular weight is 347 g/mol. The van der Waals surface area contributed by atoms with Crippen LogP contribution >= 0.6 is 0 Å². The van der Waals surface area contributed by atoms with Gasteiger partial charge in [-0.15, -0.1) is 0 Å². The third-order valence-corrected chi connectivity index (χ3v) is 4.97. The predicted octanol–water partition coefficient (Wildman–Crippen LogP) is 3.44. The van der Waals surface area contributed by atoms with Gasteiger partial charge in [-0.3, -0.25) is 0 Å². The van der Waals surface area contributed by atoms with E-state index in [1.807, 2.05) is 35.2 Å². The summed E-state index contributed by atoms with van der Waals surface area (Å²) in [7, 11) is 0. The highest BCUT2D eigenvalue weighted by Crippen LogP contribution is 2.31. The van der Waals surface area contributed by atoms with E-state index in [1.54, 1.807) is 0 Å². The van der Waals surface area contributed by atoms with Crippen LogP contribution in [0, 0.1) is 17.6 Å². The molecule has 3 rings (SSSR count). The maximum atomic E-state index is 13.8. The fraction of sp³-hybridized carbons (Fsp3) is 0.400. The zero-order chi connectivity index (χ0) is 17.8. The van der Waals surface area contributed by atoms with Gasteiger partial charge in [-0.1, -0.05) is 30.3 Å². The largest absolute Gasteiger partial charge is 0.388 e. The van der Waals surface area contributed by atoms with E-state index in [0.717, 1.165) is 36.6 Å². The van der Waals surface area contributed by atoms with Gasteiger partial charge in [0.15, 0.2) is 0 Å². The van der Waals surface area contributed by atoms with E-state index in [-0.39, 0.29) is 18.0 Å². The first-order valence-electron chi connectivity index (χ1n) is 8.63. The lowest BCUT2D eigenvalue weighted by Crippen LogP contribution is -2.38. The molecular formula is C20H23F2NO2. The molecule has 3 nitrogen and oxygen atoms in total. The number of aliphatic hydroxyl groups is 2. The van der Waals surface area contributed by atoms with Crippen molar-refractivity contribution in [3.05, 3.63) is 71.3 Å². The lowest BCUT2D eigenvalue weighted by molar-refractivity contribution is 0.0391. The van der Waals surface area contributed by atoms with Crippen LogP contribution in [0.3, 0.4) is 0 Å². The molecule has 0 aromatic heterocycles. The molecule has 2 unspecified atom stereocenters. The number of hydrogen-bond acceptors (Lipinski definition) is 3. The molecular weight excluding hydrogens is 324 g/mol. The van der Waals surface area contributed by atoms with Gasteiger partial charge in [0.05, 0.1) is 12.2 Å². The topological polar surface area (TPSA) is 43.7 Å². The standard InChI is InChI=1S/C20H23F2NO2/c21-16-6-7-18(22)17(12-16)19(24)13-23-10-8-15(9-11-23)20(25)14-4-2-1-3-5-14/h1-7,12,15,19-20,24-25H,8-11,13H2. The first-order valence-corrected chi connectivity index (χ1v) is 8.63. The van der Waals surface area contributed by atoms with Gasteiger partial charge in [0, 0.05) is 12.1 Å². The minimum Gasteiger partial charge on any atom is -0.388 e. The summed E-state index contributed by atoms with van der Waals surface area (Å²) in [5, 5.41) is 20.7. The fourth-order valence-corrected chi connectivity index (χ4v) is 3.49. The van der Waals surface area contributed by atoms with Gasteiger partial charge in [0.2, 0.25) is 0 Å². The number of β-amino-alcohol motifs (C(OH)–C–C–N with tert-alkyl or cyclic N) is 1. The number of likely N-dealkylation sites (tertiary alicyclic amines) is 1. The van der Waals surface area contributed by atoms with Crippen molar-refractivity contribution in [3.8, 4) is 0 Å². The summed E-state index contributed by atoms with van der Waals surface area (Å²) < 4.78 is 27.0. The van der Waals surface area contributed by atoms with Crippen molar-refractivity contribution in [1.82, 2.24) is 4.90 Å². The predicted molar refractivity (Wildman–Crippen MR) is 91.9 cm³/mol. The van der Waals surface area contributed by atoms with Crippen molar-refractivity contribution in [3.63, 3.8) is 0 Å². The monoisotopic (exact) mass is 347 g/mol. The lowest BCUT2D eigenvalue weighted by Gasteiger charge is -2.35. The molecule has 2 aromatic carbocycles. The first-order chi connectivity index (χ1) is 12.0. The Hall–Kier alpha value is -1.82. The van der Waals surface area contributed by atoms with Gasteiger partial charge in [-0.2, -0.15) is 0 Å². The Kier molecular flexibility index (Phi) is 5.78. The molecule has 1 aliphatic rings. The second-order valence-electron chi connectivity index (χ2n) is 6.68. The number of piperidine rings is 1. The normalized spacial score (nSPS) is 18.9. The van der Waals surface area contributed by atoms with Gasteiger partial charge >= 0.3 is 0 Å². The van der Waals surface area contributed by atoms with Gasteiger partial charge in [0.1, 0.15) is 11.6 Å². The maximum absolute atomic E-state index is 13.8. The smallest absolute Gasteiger partial charge is 0.129 e. The second kappa shape index (κ2) is 8.04. The molecule has 0 saturated carbocycles. The molecule has 0 bridgehead atoms. The Morgan fingerprint density at radius 2 is 1.68 bits per heavy atom. The summed E-state index contributed by atoms with van der Waals surface area (Å²) in [5.74, 6) is -0.981. The second-order valence-corrected chi connectivity index (χ2v) is 6.68. The van der Waals surface area contributed by atoms with E-state index in [0.29, 0.717) is 13.1 Å². The van der Waals surface area contributed by atoms with Crippen molar-refractivity contribution in [2.24, 2.45) is 5.92 Å². The van der Waals surface area contributed by atoms with E-state index in [4.69, 9.17) is 0 Å². The zero-order valence-corrected chi connectivity index (χ0v) is 14.0. The van der Waals surface area contributed by atoms with Crippen LogP contribution in [0.4, 0.5) is 8.78 Å². The highest BCUT2D eigenvalue weighted by Gasteiger charge is 2.27. The quantitative estimate of drug-likeness (QED) is 0.871. The molecule has 2 N–H and O–H groups in total. The molecule has 2 aromatic rings. The summed E-state index contributed by atoms with van der Waals surface area (Å²) in [5.41, 5.74) is 0.911. The summed E-state index contributed by atoms with van der Waals surface area (Å²) in [6.45, 7) is 1.68. The molecule has 0 spiro atoms. The van der Waals surface area contributed by atoms with Crippen molar-refractivity contribution in [2.75, 3.05) is 19.6 Å². The summed E-state index contributed by atoms with van der Waals surface area (Å²) >= 11 is 0. The summed E-state index contributed by atoms with van der Waals surface area (Å²) in [6.07, 6.45) is 0.0447. The van der Waals surface area contributed by atoms with Crippen molar-refractivity contribution < 1.29 is 19.0 Å². The van der Waals surface area contributed by atoms with Crippen LogP contribution in [-0.4, -0.2) is 34.7 Å². The first kappa shape index (κ1) is 18.0. The van der Waals surface area contributed by atoms with E-state index in [1.165, 1.54) is 0 Å². The van der Waals surface area contributed by atoms with E-state index >= 15 is 0 Å². The third-order valence-electron chi connectivity index (χ3n) is 4.97. The van der Waals surface area contributed by atoms with Crippen molar-refractivity contribution in [2.45, 2.75) is 25.0 Å². The average Bonchev–Trinajstić information content (AvgIpc) is 2.64. The van der Waals surface area contributed by atoms with Crippen LogP contribution in [-0.2, 0) is 0 Å². The van der Waals surface area contributed by atoms with Crippen LogP contribution in [0.1, 0.15) is 36.2 Å². The van der Waals surface area contributed by atoms with E-state index in [9.17, 15) is 19.0 Å². The van der Waals surface area contributed by atoms with Crippen LogP contribution < -0.4 is 0 Å². The number of benzene rings is 2. The third kappa shape index (κ3) is 4.42. The Labute approximate surface area is 146 Å². The summed E-state index contributed by atoms with van der Waals surface area (Å²) in [6, 6.07) is 12.7. The van der Waals surface area contributed by atoms with E-state index < -0.39 is 23.8 Å². The Balaban J connectivity index is 1.55. The Morgan fingerprint density at radius 3 is 2.36 bits per heavy atom. The van der Waals surface area contributed by atoms with Crippen LogP contribution in [0.25, 0.3) is 0 Å². The number of nitrogens with zero attached hydrogens (tertiary/aromatic N) is 1. The maximum Gasteiger partial charge on any atom is 0.129 e. The van der Waals surface area contributed by atoms with Crippen molar-refractivity contribution >= 4 is 0 Å². The van der Waals surface area contributed by atoms with Crippen molar-refractivity contribution in [1.29, 1.82) is 0 Å². The lowest BCUT2D eigenvalue weighted by atomic mass is 9.87. The molecule has 0 radical (unpaired) electrons. The molecule has 0 aliphatic carbocycles. The number of hydrogen-bond donors (Lipinski definition) is 2. The zero-order valence-electron chi connectivity index (χ0n) is 14.0. The van der Waals surface area contributed by atoms with Crippen LogP contribution in [0.5, 0.6) is 0 Å². The van der Waals surface area contributed by atoms with Gasteiger partial charge in [-0.25, -0.2) is 8.78 Å². The minimum atomic E-state index is -1.06. The molecule has 1 aliphatic heterocycles. The van der Waals surface area contributed by atoms with Gasteiger partial charge in [0.25, 0.3) is 0 Å². The van der Waals surface area contributed by atoms with Crippen LogP contribution in [0.15, 0.2) is 48.5 Å². The van der Waals surface area contributed by atoms with E-state index in [2.05, 4.69) is 0 Å². The Morgan fingerprint density at radius 1 is 1.00 bits per heavy atom. The molecule has 134 valence electrons. The molecule has 1 fully saturated rings. The number of rotatable bonds is 5. The SMILES string of the molecule is OC(CN1CCC(C(O)c2ccccc2)CC1)c1cc(F)ccc1F. The number of aliphatic hydroxyl groups excluding tert-OH is 2. The van der Waals surface area contributed by atoms with Crippen LogP contribution in [0.2, 0.25) is 0 Å². The Bertz CT molecular complexity index is 687. The fourth-order valence-electron chi connectivity index (χ4n) is 3.49. The molecule has 25 heavy (non-hydrogen) atoms. The van der Waals surface area contributed by atoms with Gasteiger partial charge < -0.3 is 15.1 Å². The molecule has 5 heteroatoms. The molecule has 2 atom stereocenters. The highest BCUT2D eigenvalue weighted by molar-refractivity contribution is 5.21. The molecule has 1 heterocycles.